The largest absolute Gasteiger partial charge is 0.394 e. The zero-order valence-electron chi connectivity index (χ0n) is 7.10. The first-order valence-electron chi connectivity index (χ1n) is 3.96. The summed E-state index contributed by atoms with van der Waals surface area (Å²) in [4.78, 5) is 10.6. The van der Waals surface area contributed by atoms with Crippen molar-refractivity contribution >= 4 is 11.5 Å². The van der Waals surface area contributed by atoms with Crippen molar-refractivity contribution in [2.24, 2.45) is 5.73 Å². The van der Waals surface area contributed by atoms with Gasteiger partial charge in [-0.05, 0) is 5.56 Å². The van der Waals surface area contributed by atoms with Gasteiger partial charge in [-0.2, -0.15) is 0 Å². The van der Waals surface area contributed by atoms with Crippen molar-refractivity contribution in [3.8, 4) is 0 Å². The molecular weight excluding hydrogens is 166 g/mol. The summed E-state index contributed by atoms with van der Waals surface area (Å²) in [7, 11) is 0. The van der Waals surface area contributed by atoms with E-state index in [0.717, 1.165) is 0 Å². The maximum Gasteiger partial charge on any atom is 0.130 e. The van der Waals surface area contributed by atoms with E-state index in [1.54, 1.807) is 30.2 Å². The minimum Gasteiger partial charge on any atom is -0.394 e. The lowest BCUT2D eigenvalue weighted by Gasteiger charge is -2.08. The van der Waals surface area contributed by atoms with Gasteiger partial charge in [0.2, 0.25) is 0 Å². The molecule has 0 aliphatic heterocycles. The van der Waals surface area contributed by atoms with Crippen LogP contribution in [0.15, 0.2) is 30.3 Å². The zero-order chi connectivity index (χ0) is 9.68. The van der Waals surface area contributed by atoms with Crippen molar-refractivity contribution in [3.63, 3.8) is 0 Å². The maximum absolute atomic E-state index is 10.6. The number of nitrogens with two attached hydrogens (primary N) is 1. The fourth-order valence-corrected chi connectivity index (χ4v) is 1.06. The topological polar surface area (TPSA) is 63.3 Å². The molecule has 0 bridgehead atoms. The second-order valence-electron chi connectivity index (χ2n) is 2.67. The molecule has 1 rings (SSSR count). The van der Waals surface area contributed by atoms with E-state index in [-0.39, 0.29) is 6.61 Å². The van der Waals surface area contributed by atoms with Crippen LogP contribution in [0.2, 0.25) is 0 Å². The second-order valence-corrected chi connectivity index (χ2v) is 2.67. The molecule has 13 heavy (non-hydrogen) atoms. The molecule has 1 aromatic carbocycles. The molecule has 1 unspecified atom stereocenters. The van der Waals surface area contributed by atoms with Gasteiger partial charge in [-0.15, -0.1) is 0 Å². The Hall–Kier alpha value is -1.41. The van der Waals surface area contributed by atoms with Crippen molar-refractivity contribution in [1.29, 1.82) is 0 Å². The molecule has 3 nitrogen and oxygen atoms in total. The molecule has 0 radical (unpaired) electrons. The third-order valence-corrected chi connectivity index (χ3v) is 1.76. The van der Waals surface area contributed by atoms with Gasteiger partial charge in [-0.1, -0.05) is 30.3 Å². The van der Waals surface area contributed by atoms with Crippen LogP contribution >= 0.6 is 0 Å². The van der Waals surface area contributed by atoms with Crippen LogP contribution in [-0.2, 0) is 4.79 Å². The summed E-state index contributed by atoms with van der Waals surface area (Å²) in [6.07, 6.45) is 0. The van der Waals surface area contributed by atoms with Gasteiger partial charge >= 0.3 is 0 Å². The van der Waals surface area contributed by atoms with Crippen LogP contribution in [0.25, 0.3) is 5.57 Å². The second kappa shape index (κ2) is 4.58. The van der Waals surface area contributed by atoms with E-state index >= 15 is 0 Å². The van der Waals surface area contributed by atoms with Crippen LogP contribution in [-0.4, -0.2) is 23.7 Å². The monoisotopic (exact) mass is 177 g/mol. The SMILES string of the molecule is NC(CO)C(=C=O)c1ccccc1. The normalized spacial score (nSPS) is 11.8. The lowest BCUT2D eigenvalue weighted by molar-refractivity contribution is 0.287. The molecule has 0 saturated carbocycles. The van der Waals surface area contributed by atoms with E-state index in [4.69, 9.17) is 10.8 Å². The number of hydrogen-bond donors (Lipinski definition) is 2. The molecular formula is C10H11NO2. The highest BCUT2D eigenvalue weighted by Gasteiger charge is 2.10. The average Bonchev–Trinajstić information content (AvgIpc) is 2.20. The van der Waals surface area contributed by atoms with Crippen LogP contribution in [0.4, 0.5) is 0 Å². The van der Waals surface area contributed by atoms with Gasteiger partial charge in [0.05, 0.1) is 18.2 Å². The Bertz CT molecular complexity index is 315. The fourth-order valence-electron chi connectivity index (χ4n) is 1.06. The van der Waals surface area contributed by atoms with E-state index in [9.17, 15) is 4.79 Å². The molecule has 0 heterocycles. The molecule has 3 heteroatoms. The van der Waals surface area contributed by atoms with Crippen LogP contribution < -0.4 is 5.73 Å². The standard InChI is InChI=1S/C10H11NO2/c11-10(7-13)9(6-12)8-4-2-1-3-5-8/h1-5,10,13H,7,11H2. The first kappa shape index (κ1) is 9.68. The van der Waals surface area contributed by atoms with Crippen molar-refractivity contribution < 1.29 is 9.90 Å². The Morgan fingerprint density at radius 1 is 1.46 bits per heavy atom. The summed E-state index contributed by atoms with van der Waals surface area (Å²) >= 11 is 0. The van der Waals surface area contributed by atoms with Crippen LogP contribution in [0.3, 0.4) is 0 Å². The lowest BCUT2D eigenvalue weighted by atomic mass is 10.0. The minimum atomic E-state index is -0.653. The minimum absolute atomic E-state index is 0.251. The highest BCUT2D eigenvalue weighted by Crippen LogP contribution is 2.12. The molecule has 0 fully saturated rings. The summed E-state index contributed by atoms with van der Waals surface area (Å²) in [5.41, 5.74) is 6.53. The van der Waals surface area contributed by atoms with E-state index in [2.05, 4.69) is 0 Å². The first-order valence-corrected chi connectivity index (χ1v) is 3.96. The van der Waals surface area contributed by atoms with Gasteiger partial charge in [-0.25, -0.2) is 4.79 Å². The van der Waals surface area contributed by atoms with Crippen molar-refractivity contribution in [3.05, 3.63) is 35.9 Å². The fraction of sp³-hybridized carbons (Fsp3) is 0.200. The van der Waals surface area contributed by atoms with Crippen LogP contribution in [0.1, 0.15) is 5.56 Å². The smallest absolute Gasteiger partial charge is 0.130 e. The summed E-state index contributed by atoms with van der Waals surface area (Å²) in [6, 6.07) is 8.31. The molecule has 1 atom stereocenters. The van der Waals surface area contributed by atoms with E-state index < -0.39 is 6.04 Å². The van der Waals surface area contributed by atoms with E-state index in [1.807, 2.05) is 6.07 Å². The Morgan fingerprint density at radius 2 is 2.08 bits per heavy atom. The molecule has 0 aliphatic carbocycles. The van der Waals surface area contributed by atoms with Gasteiger partial charge in [0.1, 0.15) is 5.94 Å². The molecule has 68 valence electrons. The molecule has 0 aromatic heterocycles. The Kier molecular flexibility index (Phi) is 3.41. The van der Waals surface area contributed by atoms with E-state index in [0.29, 0.717) is 11.1 Å². The molecule has 0 spiro atoms. The summed E-state index contributed by atoms with van der Waals surface area (Å²) in [5.74, 6) is 1.75. The highest BCUT2D eigenvalue weighted by atomic mass is 16.3. The number of benzene rings is 1. The third-order valence-electron chi connectivity index (χ3n) is 1.76. The molecule has 0 aliphatic rings. The third kappa shape index (κ3) is 2.26. The number of hydrogen-bond acceptors (Lipinski definition) is 3. The lowest BCUT2D eigenvalue weighted by Crippen LogP contribution is -2.26. The van der Waals surface area contributed by atoms with Crippen molar-refractivity contribution in [2.45, 2.75) is 6.04 Å². The zero-order valence-corrected chi connectivity index (χ0v) is 7.10. The van der Waals surface area contributed by atoms with Gasteiger partial charge in [0.25, 0.3) is 0 Å². The van der Waals surface area contributed by atoms with Crippen LogP contribution in [0.5, 0.6) is 0 Å². The molecule has 1 aromatic rings. The van der Waals surface area contributed by atoms with Crippen molar-refractivity contribution in [1.82, 2.24) is 0 Å². The van der Waals surface area contributed by atoms with E-state index in [1.165, 1.54) is 0 Å². The molecule has 0 saturated heterocycles. The number of rotatable bonds is 3. The van der Waals surface area contributed by atoms with Gasteiger partial charge < -0.3 is 10.8 Å². The van der Waals surface area contributed by atoms with Gasteiger partial charge in [0, 0.05) is 0 Å². The maximum atomic E-state index is 10.6. The number of carbonyl (C=O) groups excluding carboxylic acids is 1. The predicted molar refractivity (Wildman–Crippen MR) is 50.6 cm³/mol. The van der Waals surface area contributed by atoms with Crippen molar-refractivity contribution in [2.75, 3.05) is 6.61 Å². The quantitative estimate of drug-likeness (QED) is 0.649. The predicted octanol–water partition coefficient (Wildman–Crippen LogP) is 0.221. The summed E-state index contributed by atoms with van der Waals surface area (Å²) < 4.78 is 0. The first-order chi connectivity index (χ1) is 6.29. The Balaban J connectivity index is 3.00. The van der Waals surface area contributed by atoms with Crippen LogP contribution in [0, 0.1) is 0 Å². The van der Waals surface area contributed by atoms with Gasteiger partial charge in [-0.3, -0.25) is 0 Å². The number of aliphatic hydroxyl groups is 1. The highest BCUT2D eigenvalue weighted by molar-refractivity contribution is 5.90. The summed E-state index contributed by atoms with van der Waals surface area (Å²) in [5, 5.41) is 8.77. The van der Waals surface area contributed by atoms with Gasteiger partial charge in [0.15, 0.2) is 0 Å². The Labute approximate surface area is 76.5 Å². The molecule has 3 N–H and O–H groups in total. The Morgan fingerprint density at radius 3 is 2.54 bits per heavy atom. The summed E-state index contributed by atoms with van der Waals surface area (Å²) in [6.45, 7) is -0.251. The average molecular weight is 177 g/mol. The molecule has 0 amide bonds. The number of aliphatic hydroxyl groups excluding tert-OH is 1.